The minimum atomic E-state index is -0.118. The Hall–Kier alpha value is -2.37. The van der Waals surface area contributed by atoms with Gasteiger partial charge in [0.2, 0.25) is 5.91 Å². The summed E-state index contributed by atoms with van der Waals surface area (Å²) in [4.78, 5) is 26.9. The maximum atomic E-state index is 12.7. The van der Waals surface area contributed by atoms with Gasteiger partial charge >= 0.3 is 0 Å². The van der Waals surface area contributed by atoms with Gasteiger partial charge < -0.3 is 16.0 Å². The summed E-state index contributed by atoms with van der Waals surface area (Å²) in [5.74, 6) is 0.0994. The topological polar surface area (TPSA) is 75.4 Å². The second-order valence-electron chi connectivity index (χ2n) is 6.80. The van der Waals surface area contributed by atoms with Gasteiger partial charge in [0.05, 0.1) is 0 Å². The lowest BCUT2D eigenvalue weighted by atomic mass is 9.95. The van der Waals surface area contributed by atoms with Gasteiger partial charge in [0, 0.05) is 29.9 Å². The van der Waals surface area contributed by atoms with Crippen LogP contribution in [-0.2, 0) is 4.79 Å². The monoisotopic (exact) mass is 387 g/mol. The smallest absolute Gasteiger partial charge is 0.258 e. The summed E-state index contributed by atoms with van der Waals surface area (Å²) in [5, 5.41) is 2.96. The second kappa shape index (κ2) is 9.53. The third-order valence-corrected chi connectivity index (χ3v) is 5.12. The maximum Gasteiger partial charge on any atom is 0.258 e. The Bertz CT molecular complexity index is 782. The predicted octanol–water partition coefficient (Wildman–Crippen LogP) is 3.70. The normalized spacial score (nSPS) is 18.4. The Kier molecular flexibility index (Phi) is 7.39. The van der Waals surface area contributed by atoms with Gasteiger partial charge in [-0.1, -0.05) is 30.7 Å². The number of amides is 2. The molecule has 0 aliphatic heterocycles. The minimum absolute atomic E-state index is 0. The quantitative estimate of drug-likeness (QED) is 0.821. The molecule has 2 amide bonds. The van der Waals surface area contributed by atoms with Gasteiger partial charge in [-0.05, 0) is 55.6 Å². The molecular formula is C21H26ClN3O2. The Morgan fingerprint density at radius 2 is 1.85 bits per heavy atom. The average molecular weight is 388 g/mol. The number of halogens is 1. The third-order valence-electron chi connectivity index (χ3n) is 5.12. The van der Waals surface area contributed by atoms with E-state index in [4.69, 9.17) is 5.73 Å². The molecule has 0 spiro atoms. The summed E-state index contributed by atoms with van der Waals surface area (Å²) in [6.45, 7) is 0.540. The number of nitrogens with two attached hydrogens (primary N) is 1. The molecular weight excluding hydrogens is 362 g/mol. The van der Waals surface area contributed by atoms with Crippen molar-refractivity contribution < 1.29 is 9.59 Å². The highest BCUT2D eigenvalue weighted by molar-refractivity contribution is 6.06. The van der Waals surface area contributed by atoms with E-state index in [0.29, 0.717) is 17.8 Å². The first-order valence-electron chi connectivity index (χ1n) is 9.04. The average Bonchev–Trinajstić information content (AvgIpc) is 3.17. The van der Waals surface area contributed by atoms with Crippen molar-refractivity contribution >= 4 is 35.6 Å². The fourth-order valence-electron chi connectivity index (χ4n) is 3.59. The highest BCUT2D eigenvalue weighted by Gasteiger charge is 2.31. The number of carbonyl (C=O) groups is 2. The summed E-state index contributed by atoms with van der Waals surface area (Å²) in [6, 6.07) is 16.6. The van der Waals surface area contributed by atoms with E-state index in [0.717, 1.165) is 24.9 Å². The number of benzene rings is 2. The fraction of sp³-hybridized carbons (Fsp3) is 0.333. The van der Waals surface area contributed by atoms with Crippen LogP contribution >= 0.6 is 12.4 Å². The number of anilines is 2. The number of nitrogens with one attached hydrogen (secondary N) is 1. The molecule has 6 heteroatoms. The van der Waals surface area contributed by atoms with E-state index in [1.165, 1.54) is 0 Å². The molecule has 144 valence electrons. The van der Waals surface area contributed by atoms with Crippen LogP contribution in [0.15, 0.2) is 54.6 Å². The maximum absolute atomic E-state index is 12.7. The predicted molar refractivity (Wildman–Crippen MR) is 111 cm³/mol. The minimum Gasteiger partial charge on any atom is -0.330 e. The Morgan fingerprint density at radius 3 is 2.56 bits per heavy atom. The number of rotatable bonds is 5. The van der Waals surface area contributed by atoms with Gasteiger partial charge in [0.15, 0.2) is 0 Å². The van der Waals surface area contributed by atoms with Crippen LogP contribution in [0, 0.1) is 11.8 Å². The van der Waals surface area contributed by atoms with Crippen LogP contribution in [0.5, 0.6) is 0 Å². The molecule has 0 aromatic heterocycles. The van der Waals surface area contributed by atoms with E-state index in [9.17, 15) is 9.59 Å². The van der Waals surface area contributed by atoms with Crippen LogP contribution in [0.25, 0.3) is 0 Å². The Balaban J connectivity index is 0.00000261. The van der Waals surface area contributed by atoms with Gasteiger partial charge in [0.25, 0.3) is 5.91 Å². The Morgan fingerprint density at radius 1 is 1.11 bits per heavy atom. The molecule has 0 unspecified atom stereocenters. The SMILES string of the molecule is CN(C(=O)c1cccc(NC(=O)[C@@H]2CCC[C@@H]2CN)c1)c1ccccc1.Cl. The zero-order chi connectivity index (χ0) is 18.5. The molecule has 1 aliphatic carbocycles. The summed E-state index contributed by atoms with van der Waals surface area (Å²) >= 11 is 0. The van der Waals surface area contributed by atoms with E-state index in [1.54, 1.807) is 30.1 Å². The molecule has 5 nitrogen and oxygen atoms in total. The largest absolute Gasteiger partial charge is 0.330 e. The van der Waals surface area contributed by atoms with E-state index in [1.807, 2.05) is 36.4 Å². The molecule has 1 saturated carbocycles. The van der Waals surface area contributed by atoms with Crippen LogP contribution in [-0.4, -0.2) is 25.4 Å². The second-order valence-corrected chi connectivity index (χ2v) is 6.80. The highest BCUT2D eigenvalue weighted by Crippen LogP contribution is 2.32. The molecule has 1 aliphatic rings. The molecule has 27 heavy (non-hydrogen) atoms. The number of hydrogen-bond donors (Lipinski definition) is 2. The zero-order valence-electron chi connectivity index (χ0n) is 15.4. The highest BCUT2D eigenvalue weighted by atomic mass is 35.5. The van der Waals surface area contributed by atoms with Crippen LogP contribution < -0.4 is 16.0 Å². The summed E-state index contributed by atoms with van der Waals surface area (Å²) < 4.78 is 0. The van der Waals surface area contributed by atoms with Gasteiger partial charge in [-0.3, -0.25) is 9.59 Å². The van der Waals surface area contributed by atoms with Crippen LogP contribution in [0.4, 0.5) is 11.4 Å². The number of para-hydroxylation sites is 1. The molecule has 2 atom stereocenters. The molecule has 0 heterocycles. The van der Waals surface area contributed by atoms with E-state index >= 15 is 0 Å². The Labute approximate surface area is 166 Å². The van der Waals surface area contributed by atoms with Crippen molar-refractivity contribution in [2.45, 2.75) is 19.3 Å². The fourth-order valence-corrected chi connectivity index (χ4v) is 3.59. The molecule has 0 radical (unpaired) electrons. The number of nitrogens with zero attached hydrogens (tertiary/aromatic N) is 1. The van der Waals surface area contributed by atoms with E-state index in [-0.39, 0.29) is 36.1 Å². The van der Waals surface area contributed by atoms with Crippen LogP contribution in [0.1, 0.15) is 29.6 Å². The molecule has 2 aromatic carbocycles. The summed E-state index contributed by atoms with van der Waals surface area (Å²) in [7, 11) is 1.74. The number of hydrogen-bond acceptors (Lipinski definition) is 3. The molecule has 0 saturated heterocycles. The molecule has 2 aromatic rings. The molecule has 0 bridgehead atoms. The third kappa shape index (κ3) is 4.87. The van der Waals surface area contributed by atoms with Gasteiger partial charge in [-0.25, -0.2) is 0 Å². The first-order valence-corrected chi connectivity index (χ1v) is 9.04. The van der Waals surface area contributed by atoms with Gasteiger partial charge in [-0.15, -0.1) is 12.4 Å². The van der Waals surface area contributed by atoms with Crippen molar-refractivity contribution in [3.8, 4) is 0 Å². The van der Waals surface area contributed by atoms with Gasteiger partial charge in [-0.2, -0.15) is 0 Å². The van der Waals surface area contributed by atoms with Crippen molar-refractivity contribution in [3.63, 3.8) is 0 Å². The molecule has 1 fully saturated rings. The van der Waals surface area contributed by atoms with Crippen LogP contribution in [0.2, 0.25) is 0 Å². The first-order chi connectivity index (χ1) is 12.6. The van der Waals surface area contributed by atoms with E-state index < -0.39 is 0 Å². The van der Waals surface area contributed by atoms with Gasteiger partial charge in [0.1, 0.15) is 0 Å². The lowest BCUT2D eigenvalue weighted by Crippen LogP contribution is -2.30. The van der Waals surface area contributed by atoms with Crippen molar-refractivity contribution in [2.24, 2.45) is 17.6 Å². The standard InChI is InChI=1S/C21H25N3O2.ClH/c1-24(18-10-3-2-4-11-18)21(26)15-7-5-9-17(13-15)23-20(25)19-12-6-8-16(19)14-22;/h2-5,7,9-11,13,16,19H,6,8,12,14,22H2,1H3,(H,23,25);1H/t16-,19-;/m1./s1. The van der Waals surface area contributed by atoms with E-state index in [2.05, 4.69) is 5.32 Å². The lowest BCUT2D eigenvalue weighted by Gasteiger charge is -2.19. The lowest BCUT2D eigenvalue weighted by molar-refractivity contribution is -0.120. The summed E-state index contributed by atoms with van der Waals surface area (Å²) in [6.07, 6.45) is 2.93. The zero-order valence-corrected chi connectivity index (χ0v) is 16.2. The van der Waals surface area contributed by atoms with Crippen molar-refractivity contribution in [1.29, 1.82) is 0 Å². The summed E-state index contributed by atoms with van der Waals surface area (Å²) in [5.41, 5.74) is 7.78. The van der Waals surface area contributed by atoms with Crippen molar-refractivity contribution in [2.75, 3.05) is 23.8 Å². The van der Waals surface area contributed by atoms with Crippen molar-refractivity contribution in [3.05, 3.63) is 60.2 Å². The molecule has 3 rings (SSSR count). The van der Waals surface area contributed by atoms with Crippen LogP contribution in [0.3, 0.4) is 0 Å². The first kappa shape index (κ1) is 20.9. The number of carbonyl (C=O) groups excluding carboxylic acids is 2. The molecule has 3 N–H and O–H groups in total. The van der Waals surface area contributed by atoms with Crippen molar-refractivity contribution in [1.82, 2.24) is 0 Å².